The summed E-state index contributed by atoms with van der Waals surface area (Å²) in [5.74, 6) is -1.24. The molecule has 3 N–H and O–H groups in total. The van der Waals surface area contributed by atoms with E-state index in [1.807, 2.05) is 85.2 Å². The standard InChI is InChI=1S/C37H55N5O7S/c1-23(25-10-12-26(13-11-25)30-24(2)38-22-50-30)39-32(45)28-18-27(43)19-42(28)33(46)31(35(3,4)5)40-29(44)20-48-21-37(9)14-16-41(17-15-37)34(47)49-36(6,7)8/h10-13,22-23,27-28,31,43H,14-21H2,1-9H3,(H,39,45)(H,40,44)/t23-,27+,28-,31+/m0/s1. The number of aryl methyl sites for hydroxylation is 1. The third-order valence-electron chi connectivity index (χ3n) is 9.37. The van der Waals surface area contributed by atoms with Gasteiger partial charge in [-0.2, -0.15) is 0 Å². The molecular weight excluding hydrogens is 659 g/mol. The third kappa shape index (κ3) is 10.3. The van der Waals surface area contributed by atoms with Gasteiger partial charge in [0, 0.05) is 26.1 Å². The van der Waals surface area contributed by atoms with E-state index in [1.54, 1.807) is 16.2 Å². The van der Waals surface area contributed by atoms with Crippen LogP contribution in [0.5, 0.6) is 0 Å². The van der Waals surface area contributed by atoms with Gasteiger partial charge >= 0.3 is 6.09 Å². The topological polar surface area (TPSA) is 150 Å². The molecule has 0 spiro atoms. The fraction of sp³-hybridized carbons (Fsp3) is 0.649. The lowest BCUT2D eigenvalue weighted by atomic mass is 9.81. The van der Waals surface area contributed by atoms with Gasteiger partial charge in [-0.3, -0.25) is 14.4 Å². The van der Waals surface area contributed by atoms with E-state index < -0.39 is 41.0 Å². The fourth-order valence-corrected chi connectivity index (χ4v) is 7.12. The van der Waals surface area contributed by atoms with Crippen molar-refractivity contribution in [2.24, 2.45) is 10.8 Å². The summed E-state index contributed by atoms with van der Waals surface area (Å²) in [6.45, 7) is 18.1. The van der Waals surface area contributed by atoms with E-state index in [1.165, 1.54) is 4.90 Å². The third-order valence-corrected chi connectivity index (χ3v) is 10.3. The highest BCUT2D eigenvalue weighted by Gasteiger charge is 2.45. The average molecular weight is 714 g/mol. The van der Waals surface area contributed by atoms with E-state index in [-0.39, 0.29) is 43.0 Å². The molecule has 2 fully saturated rings. The Balaban J connectivity index is 1.32. The van der Waals surface area contributed by atoms with E-state index in [9.17, 15) is 24.3 Å². The van der Waals surface area contributed by atoms with Crippen LogP contribution < -0.4 is 10.6 Å². The highest BCUT2D eigenvalue weighted by atomic mass is 32.1. The average Bonchev–Trinajstić information content (AvgIpc) is 3.63. The highest BCUT2D eigenvalue weighted by molar-refractivity contribution is 7.13. The minimum absolute atomic E-state index is 0.00812. The number of β-amino-alcohol motifs (C(OH)–C–C–N with tert-alkyl or cyclic N) is 1. The van der Waals surface area contributed by atoms with Crippen LogP contribution in [0, 0.1) is 17.8 Å². The summed E-state index contributed by atoms with van der Waals surface area (Å²) in [7, 11) is 0. The maximum Gasteiger partial charge on any atom is 0.410 e. The quantitative estimate of drug-likeness (QED) is 0.317. The van der Waals surface area contributed by atoms with Crippen LogP contribution >= 0.6 is 11.3 Å². The first-order valence-electron chi connectivity index (χ1n) is 17.4. The predicted octanol–water partition coefficient (Wildman–Crippen LogP) is 4.84. The molecule has 1 aromatic heterocycles. The molecule has 1 aromatic carbocycles. The second kappa shape index (κ2) is 15.8. The van der Waals surface area contributed by atoms with Gasteiger partial charge < -0.3 is 35.0 Å². The molecule has 3 heterocycles. The van der Waals surface area contributed by atoms with Gasteiger partial charge in [-0.15, -0.1) is 11.3 Å². The van der Waals surface area contributed by atoms with E-state index in [4.69, 9.17) is 9.47 Å². The Morgan fingerprint density at radius 3 is 2.26 bits per heavy atom. The van der Waals surface area contributed by atoms with Crippen molar-refractivity contribution >= 4 is 35.2 Å². The molecule has 4 amide bonds. The lowest BCUT2D eigenvalue weighted by Gasteiger charge is -2.39. The Morgan fingerprint density at radius 1 is 1.06 bits per heavy atom. The number of aliphatic hydroxyl groups is 1. The van der Waals surface area contributed by atoms with Crippen molar-refractivity contribution < 1.29 is 33.8 Å². The van der Waals surface area contributed by atoms with Gasteiger partial charge in [0.15, 0.2) is 0 Å². The van der Waals surface area contributed by atoms with Crippen LogP contribution in [0.3, 0.4) is 0 Å². The van der Waals surface area contributed by atoms with Crippen molar-refractivity contribution in [3.63, 3.8) is 0 Å². The number of hydrogen-bond acceptors (Lipinski definition) is 9. The monoisotopic (exact) mass is 713 g/mol. The molecule has 4 rings (SSSR count). The summed E-state index contributed by atoms with van der Waals surface area (Å²) in [5, 5.41) is 16.4. The summed E-state index contributed by atoms with van der Waals surface area (Å²) in [5.41, 5.74) is 3.28. The number of hydrogen-bond donors (Lipinski definition) is 3. The lowest BCUT2D eigenvalue weighted by Crippen LogP contribution is -2.58. The van der Waals surface area contributed by atoms with Gasteiger partial charge in [-0.25, -0.2) is 9.78 Å². The molecular formula is C37H55N5O7S. The molecule has 12 nitrogen and oxygen atoms in total. The van der Waals surface area contributed by atoms with Crippen LogP contribution in [0.1, 0.15) is 92.0 Å². The molecule has 13 heteroatoms. The van der Waals surface area contributed by atoms with Crippen LogP contribution in [0.4, 0.5) is 4.79 Å². The number of aliphatic hydroxyl groups excluding tert-OH is 1. The molecule has 50 heavy (non-hydrogen) atoms. The Kier molecular flexibility index (Phi) is 12.4. The molecule has 0 bridgehead atoms. The number of benzene rings is 1. The SMILES string of the molecule is Cc1ncsc1-c1ccc([C@H](C)NC(=O)[C@@H]2C[C@@H](O)CN2C(=O)[C@@H](NC(=O)COCC2(C)CCN(C(=O)OC(C)(C)C)CC2)C(C)(C)C)cc1. The van der Waals surface area contributed by atoms with Crippen molar-refractivity contribution in [2.45, 2.75) is 111 Å². The van der Waals surface area contributed by atoms with Crippen LogP contribution in [0.25, 0.3) is 10.4 Å². The number of aromatic nitrogens is 1. The summed E-state index contributed by atoms with van der Waals surface area (Å²) < 4.78 is 11.3. The zero-order chi connectivity index (χ0) is 37.0. The molecule has 0 radical (unpaired) electrons. The molecule has 0 aliphatic carbocycles. The van der Waals surface area contributed by atoms with Crippen LogP contribution in [0.2, 0.25) is 0 Å². The predicted molar refractivity (Wildman–Crippen MR) is 192 cm³/mol. The molecule has 2 aliphatic rings. The van der Waals surface area contributed by atoms with Crippen LogP contribution in [-0.4, -0.2) is 100 Å². The summed E-state index contributed by atoms with van der Waals surface area (Å²) in [6.07, 6.45) is 0.313. The van der Waals surface area contributed by atoms with Gasteiger partial charge in [-0.05, 0) is 69.4 Å². The highest BCUT2D eigenvalue weighted by Crippen LogP contribution is 2.32. The number of carbonyl (C=O) groups is 4. The number of thiazole rings is 1. The largest absolute Gasteiger partial charge is 0.444 e. The number of ether oxygens (including phenoxy) is 2. The fourth-order valence-electron chi connectivity index (χ4n) is 6.31. The number of nitrogens with one attached hydrogen (secondary N) is 2. The Morgan fingerprint density at radius 2 is 1.70 bits per heavy atom. The minimum atomic E-state index is -0.952. The minimum Gasteiger partial charge on any atom is -0.444 e. The van der Waals surface area contributed by atoms with E-state index >= 15 is 0 Å². The van der Waals surface area contributed by atoms with Crippen molar-refractivity contribution in [2.75, 3.05) is 32.8 Å². The summed E-state index contributed by atoms with van der Waals surface area (Å²) >= 11 is 1.58. The number of amides is 4. The van der Waals surface area contributed by atoms with Crippen molar-refractivity contribution in [1.29, 1.82) is 0 Å². The van der Waals surface area contributed by atoms with Gasteiger partial charge in [0.1, 0.15) is 24.3 Å². The van der Waals surface area contributed by atoms with E-state index in [0.29, 0.717) is 32.5 Å². The molecule has 276 valence electrons. The van der Waals surface area contributed by atoms with Crippen LogP contribution in [-0.2, 0) is 23.9 Å². The molecule has 0 saturated carbocycles. The van der Waals surface area contributed by atoms with E-state index in [2.05, 4.69) is 22.5 Å². The van der Waals surface area contributed by atoms with Gasteiger partial charge in [0.05, 0.1) is 34.8 Å². The van der Waals surface area contributed by atoms with Gasteiger partial charge in [0.25, 0.3) is 0 Å². The number of rotatable bonds is 10. The first-order valence-corrected chi connectivity index (χ1v) is 18.3. The second-order valence-electron chi connectivity index (χ2n) is 16.2. The van der Waals surface area contributed by atoms with E-state index in [0.717, 1.165) is 21.7 Å². The maximum atomic E-state index is 14.0. The Labute approximate surface area is 300 Å². The zero-order valence-electron chi connectivity index (χ0n) is 31.0. The van der Waals surface area contributed by atoms with Gasteiger partial charge in [0.2, 0.25) is 17.7 Å². The first kappa shape index (κ1) is 39.2. The van der Waals surface area contributed by atoms with Crippen molar-refractivity contribution in [3.05, 3.63) is 41.0 Å². The Bertz CT molecular complexity index is 1510. The molecule has 2 saturated heterocycles. The lowest BCUT2D eigenvalue weighted by molar-refractivity contribution is -0.145. The maximum absolute atomic E-state index is 14.0. The molecule has 2 aromatic rings. The number of carbonyl (C=O) groups excluding carboxylic acids is 4. The van der Waals surface area contributed by atoms with Gasteiger partial charge in [-0.1, -0.05) is 52.0 Å². The zero-order valence-corrected chi connectivity index (χ0v) is 31.8. The number of nitrogens with zero attached hydrogens (tertiary/aromatic N) is 3. The van der Waals surface area contributed by atoms with Crippen LogP contribution in [0.15, 0.2) is 29.8 Å². The van der Waals surface area contributed by atoms with Crippen molar-refractivity contribution in [3.8, 4) is 10.4 Å². The molecule has 0 unspecified atom stereocenters. The van der Waals surface area contributed by atoms with Crippen molar-refractivity contribution in [1.82, 2.24) is 25.4 Å². The summed E-state index contributed by atoms with van der Waals surface area (Å²) in [6, 6.07) is 5.76. The smallest absolute Gasteiger partial charge is 0.410 e. The molecule has 4 atom stereocenters. The Hall–Kier alpha value is -3.55. The first-order chi connectivity index (χ1) is 23.3. The normalized spacial score (nSPS) is 20.6. The second-order valence-corrected chi connectivity index (χ2v) is 17.0. The number of likely N-dealkylation sites (tertiary alicyclic amines) is 2. The summed E-state index contributed by atoms with van der Waals surface area (Å²) in [4.78, 5) is 61.6. The number of piperidine rings is 1. The molecule has 2 aliphatic heterocycles.